The van der Waals surface area contributed by atoms with Gasteiger partial charge in [-0.2, -0.15) is 0 Å². The van der Waals surface area contributed by atoms with Gasteiger partial charge in [0.15, 0.2) is 0 Å². The van der Waals surface area contributed by atoms with Gasteiger partial charge in [0.2, 0.25) is 0 Å². The summed E-state index contributed by atoms with van der Waals surface area (Å²) in [5.74, 6) is 0.595. The van der Waals surface area contributed by atoms with Crippen LogP contribution in [0, 0.1) is 0 Å². The summed E-state index contributed by atoms with van der Waals surface area (Å²) in [6.07, 6.45) is 0.999. The largest absolute Gasteiger partial charge is 0.495 e. The highest BCUT2D eigenvalue weighted by atomic mass is 35.5. The number of thiophene rings is 1. The molecule has 2 aromatic rings. The first-order valence-electron chi connectivity index (χ1n) is 6.38. The Kier molecular flexibility index (Phi) is 5.33. The van der Waals surface area contributed by atoms with Crippen LogP contribution in [0.5, 0.6) is 5.75 Å². The summed E-state index contributed by atoms with van der Waals surface area (Å²) in [7, 11) is 3.51. The molecule has 0 aliphatic rings. The lowest BCUT2D eigenvalue weighted by Crippen LogP contribution is -2.18. The van der Waals surface area contributed by atoms with E-state index in [0.29, 0.717) is 15.8 Å². The Balaban J connectivity index is 2.50. The van der Waals surface area contributed by atoms with Gasteiger partial charge in [0.1, 0.15) is 5.75 Å². The van der Waals surface area contributed by atoms with Crippen LogP contribution in [0.25, 0.3) is 0 Å². The smallest absolute Gasteiger partial charge is 0.138 e. The number of rotatable bonds is 5. The van der Waals surface area contributed by atoms with Gasteiger partial charge in [-0.3, -0.25) is 0 Å². The van der Waals surface area contributed by atoms with Gasteiger partial charge in [0.05, 0.1) is 18.2 Å². The summed E-state index contributed by atoms with van der Waals surface area (Å²) >= 11 is 14.4. The van der Waals surface area contributed by atoms with Gasteiger partial charge >= 0.3 is 0 Å². The minimum absolute atomic E-state index is 0.0425. The SMILES string of the molecule is CCc1ccsc1C(NC)c1cc(Cl)c(OC)cc1Cl. The molecular formula is C15H17Cl2NOS. The highest BCUT2D eigenvalue weighted by molar-refractivity contribution is 7.10. The Bertz CT molecular complexity index is 598. The van der Waals surface area contributed by atoms with Gasteiger partial charge < -0.3 is 10.1 Å². The van der Waals surface area contributed by atoms with Crippen LogP contribution in [0.4, 0.5) is 0 Å². The van der Waals surface area contributed by atoms with Crippen molar-refractivity contribution >= 4 is 34.5 Å². The van der Waals surface area contributed by atoms with Crippen molar-refractivity contribution in [2.75, 3.05) is 14.2 Å². The molecule has 108 valence electrons. The predicted molar refractivity (Wildman–Crippen MR) is 87.6 cm³/mol. The number of aryl methyl sites for hydroxylation is 1. The van der Waals surface area contributed by atoms with Crippen LogP contribution in [0.2, 0.25) is 10.0 Å². The van der Waals surface area contributed by atoms with Crippen molar-refractivity contribution in [2.24, 2.45) is 0 Å². The van der Waals surface area contributed by atoms with Crippen LogP contribution in [0.3, 0.4) is 0 Å². The van der Waals surface area contributed by atoms with Crippen molar-refractivity contribution in [1.82, 2.24) is 5.32 Å². The highest BCUT2D eigenvalue weighted by Gasteiger charge is 2.21. The molecule has 1 heterocycles. The van der Waals surface area contributed by atoms with Crippen molar-refractivity contribution in [1.29, 1.82) is 0 Å². The Morgan fingerprint density at radius 3 is 2.65 bits per heavy atom. The lowest BCUT2D eigenvalue weighted by atomic mass is 10.0. The van der Waals surface area contributed by atoms with Crippen molar-refractivity contribution in [2.45, 2.75) is 19.4 Å². The second-order valence-corrected chi connectivity index (χ2v) is 6.16. The van der Waals surface area contributed by atoms with Gasteiger partial charge in [-0.15, -0.1) is 11.3 Å². The molecule has 20 heavy (non-hydrogen) atoms. The summed E-state index contributed by atoms with van der Waals surface area (Å²) in [6, 6.07) is 5.84. The average molecular weight is 330 g/mol. The van der Waals surface area contributed by atoms with Crippen LogP contribution in [-0.2, 0) is 6.42 Å². The van der Waals surface area contributed by atoms with Crippen LogP contribution in [-0.4, -0.2) is 14.2 Å². The molecule has 0 aliphatic carbocycles. The second-order valence-electron chi connectivity index (χ2n) is 4.39. The second kappa shape index (κ2) is 6.81. The van der Waals surface area contributed by atoms with E-state index in [2.05, 4.69) is 23.7 Å². The van der Waals surface area contributed by atoms with Crippen molar-refractivity contribution in [3.63, 3.8) is 0 Å². The predicted octanol–water partition coefficient (Wildman–Crippen LogP) is 4.93. The summed E-state index contributed by atoms with van der Waals surface area (Å²) < 4.78 is 5.20. The molecule has 0 fully saturated rings. The fourth-order valence-electron chi connectivity index (χ4n) is 2.24. The van der Waals surface area contributed by atoms with E-state index in [4.69, 9.17) is 27.9 Å². The number of methoxy groups -OCH3 is 1. The Labute approximate surface area is 133 Å². The maximum atomic E-state index is 6.39. The van der Waals surface area contributed by atoms with Gasteiger partial charge in [0.25, 0.3) is 0 Å². The quantitative estimate of drug-likeness (QED) is 0.839. The van der Waals surface area contributed by atoms with E-state index >= 15 is 0 Å². The molecule has 0 aliphatic heterocycles. The number of ether oxygens (including phenoxy) is 1. The van der Waals surface area contributed by atoms with E-state index in [9.17, 15) is 0 Å². The summed E-state index contributed by atoms with van der Waals surface area (Å²) in [5, 5.41) is 6.66. The van der Waals surface area contributed by atoms with Crippen LogP contribution in [0.1, 0.15) is 29.0 Å². The zero-order chi connectivity index (χ0) is 14.7. The molecule has 0 bridgehead atoms. The molecule has 1 aromatic heterocycles. The number of benzene rings is 1. The topological polar surface area (TPSA) is 21.3 Å². The van der Waals surface area contributed by atoms with E-state index < -0.39 is 0 Å². The molecule has 5 heteroatoms. The normalized spacial score (nSPS) is 12.4. The van der Waals surface area contributed by atoms with Crippen molar-refractivity contribution < 1.29 is 4.74 Å². The average Bonchev–Trinajstić information content (AvgIpc) is 2.91. The lowest BCUT2D eigenvalue weighted by Gasteiger charge is -2.19. The fourth-order valence-corrected chi connectivity index (χ4v) is 3.88. The van der Waals surface area contributed by atoms with E-state index in [-0.39, 0.29) is 6.04 Å². The number of hydrogen-bond donors (Lipinski definition) is 1. The van der Waals surface area contributed by atoms with E-state index in [1.807, 2.05) is 13.1 Å². The Morgan fingerprint density at radius 1 is 1.30 bits per heavy atom. The van der Waals surface area contributed by atoms with Crippen LogP contribution >= 0.6 is 34.5 Å². The minimum atomic E-state index is 0.0425. The molecule has 2 nitrogen and oxygen atoms in total. The number of nitrogens with one attached hydrogen (secondary N) is 1. The first-order chi connectivity index (χ1) is 9.62. The third-order valence-electron chi connectivity index (χ3n) is 3.29. The molecule has 0 spiro atoms. The van der Waals surface area contributed by atoms with Gasteiger partial charge in [-0.25, -0.2) is 0 Å². The van der Waals surface area contributed by atoms with Crippen LogP contribution in [0.15, 0.2) is 23.6 Å². The first-order valence-corrected chi connectivity index (χ1v) is 8.02. The molecular weight excluding hydrogens is 313 g/mol. The van der Waals surface area contributed by atoms with Crippen molar-refractivity contribution in [3.8, 4) is 5.75 Å². The monoisotopic (exact) mass is 329 g/mol. The molecule has 0 radical (unpaired) electrons. The zero-order valence-corrected chi connectivity index (χ0v) is 14.0. The van der Waals surface area contributed by atoms with E-state index in [1.54, 1.807) is 24.5 Å². The van der Waals surface area contributed by atoms with E-state index in [0.717, 1.165) is 12.0 Å². The standard InChI is InChI=1S/C15H17Cl2NOS/c1-4-9-5-6-20-15(9)14(18-2)10-7-12(17)13(19-3)8-11(10)16/h5-8,14,18H,4H2,1-3H3. The molecule has 1 atom stereocenters. The third kappa shape index (κ3) is 2.96. The maximum Gasteiger partial charge on any atom is 0.138 e. The minimum Gasteiger partial charge on any atom is -0.495 e. The maximum absolute atomic E-state index is 6.39. The first kappa shape index (κ1) is 15.6. The zero-order valence-electron chi connectivity index (χ0n) is 11.7. The molecule has 1 unspecified atom stereocenters. The number of halogens is 2. The summed E-state index contributed by atoms with van der Waals surface area (Å²) in [4.78, 5) is 1.28. The molecule has 0 saturated carbocycles. The highest BCUT2D eigenvalue weighted by Crippen LogP contribution is 2.38. The van der Waals surface area contributed by atoms with Gasteiger partial charge in [0, 0.05) is 16.0 Å². The summed E-state index contributed by atoms with van der Waals surface area (Å²) in [5.41, 5.74) is 2.30. The Hall–Kier alpha value is -0.740. The van der Waals surface area contributed by atoms with Crippen LogP contribution < -0.4 is 10.1 Å². The fraction of sp³-hybridized carbons (Fsp3) is 0.333. The number of hydrogen-bond acceptors (Lipinski definition) is 3. The molecule has 0 amide bonds. The summed E-state index contributed by atoms with van der Waals surface area (Å²) in [6.45, 7) is 2.15. The Morgan fingerprint density at radius 2 is 2.05 bits per heavy atom. The lowest BCUT2D eigenvalue weighted by molar-refractivity contribution is 0.415. The molecule has 1 aromatic carbocycles. The van der Waals surface area contributed by atoms with Crippen molar-refractivity contribution in [3.05, 3.63) is 49.6 Å². The molecule has 0 saturated heterocycles. The van der Waals surface area contributed by atoms with Gasteiger partial charge in [-0.05, 0) is 42.1 Å². The molecule has 1 N–H and O–H groups in total. The third-order valence-corrected chi connectivity index (χ3v) is 4.94. The molecule has 2 rings (SSSR count). The van der Waals surface area contributed by atoms with E-state index in [1.165, 1.54) is 10.4 Å². The van der Waals surface area contributed by atoms with Gasteiger partial charge in [-0.1, -0.05) is 30.1 Å².